The predicted octanol–water partition coefficient (Wildman–Crippen LogP) is 3.80. The topological polar surface area (TPSA) is 39.4 Å². The molecule has 0 bridgehead atoms. The van der Waals surface area contributed by atoms with Gasteiger partial charge in [-0.1, -0.05) is 36.3 Å². The maximum Gasteiger partial charge on any atom is 0.200 e. The van der Waals surface area contributed by atoms with Gasteiger partial charge in [0.05, 0.1) is 13.3 Å². The molecule has 1 aromatic carbocycles. The first-order valence-corrected chi connectivity index (χ1v) is 7.88. The second-order valence-electron chi connectivity index (χ2n) is 5.48. The molecule has 0 atom stereocenters. The molecular formula is C21H15N3O. The summed E-state index contributed by atoms with van der Waals surface area (Å²) in [6.07, 6.45) is 5.22. The molecule has 0 fully saturated rings. The first-order chi connectivity index (χ1) is 12.3. The molecule has 4 aromatic rings. The number of hydrogen-bond donors (Lipinski definition) is 0. The van der Waals surface area contributed by atoms with Crippen molar-refractivity contribution in [1.82, 2.24) is 14.4 Å². The molecule has 3 aromatic heterocycles. The van der Waals surface area contributed by atoms with Gasteiger partial charge in [0.15, 0.2) is 0 Å². The second-order valence-corrected chi connectivity index (χ2v) is 5.48. The van der Waals surface area contributed by atoms with Gasteiger partial charge in [0.1, 0.15) is 11.3 Å². The van der Waals surface area contributed by atoms with E-state index in [0.717, 1.165) is 28.0 Å². The number of imidazole rings is 1. The van der Waals surface area contributed by atoms with Gasteiger partial charge in [0.2, 0.25) is 5.88 Å². The fourth-order valence-corrected chi connectivity index (χ4v) is 2.69. The van der Waals surface area contributed by atoms with Crippen molar-refractivity contribution >= 4 is 5.65 Å². The molecule has 0 saturated carbocycles. The van der Waals surface area contributed by atoms with Crippen LogP contribution in [0, 0.1) is 11.8 Å². The molecule has 0 aliphatic carbocycles. The number of fused-ring (bicyclic) bond motifs is 1. The Morgan fingerprint density at radius 2 is 1.72 bits per heavy atom. The van der Waals surface area contributed by atoms with Crippen LogP contribution in [0.1, 0.15) is 11.3 Å². The van der Waals surface area contributed by atoms with Gasteiger partial charge in [-0.25, -0.2) is 4.98 Å². The standard InChI is InChI=1S/C21H15N3O/c1-25-21-14-18(17-5-3-2-4-6-17)13-20-23-15-19(24(20)21)8-7-16-9-11-22-12-10-16/h2-6,9-15H,1H3. The molecule has 0 spiro atoms. The minimum absolute atomic E-state index is 0.702. The van der Waals surface area contributed by atoms with Crippen molar-refractivity contribution in [3.05, 3.63) is 84.4 Å². The van der Waals surface area contributed by atoms with Crippen molar-refractivity contribution < 1.29 is 4.74 Å². The van der Waals surface area contributed by atoms with Crippen LogP contribution in [0.5, 0.6) is 5.88 Å². The maximum atomic E-state index is 5.59. The van der Waals surface area contributed by atoms with Crippen LogP contribution in [-0.4, -0.2) is 21.5 Å². The van der Waals surface area contributed by atoms with Gasteiger partial charge in [-0.3, -0.25) is 9.38 Å². The lowest BCUT2D eigenvalue weighted by molar-refractivity contribution is 0.392. The molecule has 4 nitrogen and oxygen atoms in total. The van der Waals surface area contributed by atoms with Crippen molar-refractivity contribution in [2.45, 2.75) is 0 Å². The Bertz CT molecular complexity index is 1070. The van der Waals surface area contributed by atoms with E-state index in [2.05, 4.69) is 33.9 Å². The first kappa shape index (κ1) is 15.0. The lowest BCUT2D eigenvalue weighted by Gasteiger charge is -2.09. The average molecular weight is 325 g/mol. The van der Waals surface area contributed by atoms with Crippen LogP contribution in [0.2, 0.25) is 0 Å². The van der Waals surface area contributed by atoms with E-state index in [1.54, 1.807) is 25.7 Å². The highest BCUT2D eigenvalue weighted by molar-refractivity contribution is 5.70. The highest BCUT2D eigenvalue weighted by Crippen LogP contribution is 2.27. The second kappa shape index (κ2) is 6.50. The third-order valence-corrected chi connectivity index (χ3v) is 3.90. The smallest absolute Gasteiger partial charge is 0.200 e. The van der Waals surface area contributed by atoms with Crippen molar-refractivity contribution in [2.75, 3.05) is 7.11 Å². The van der Waals surface area contributed by atoms with Gasteiger partial charge in [-0.05, 0) is 35.2 Å². The minimum Gasteiger partial charge on any atom is -0.482 e. The summed E-state index contributed by atoms with van der Waals surface area (Å²) in [5, 5.41) is 0. The van der Waals surface area contributed by atoms with Crippen LogP contribution in [0.3, 0.4) is 0 Å². The third-order valence-electron chi connectivity index (χ3n) is 3.90. The molecule has 4 rings (SSSR count). The highest BCUT2D eigenvalue weighted by atomic mass is 16.5. The van der Waals surface area contributed by atoms with Crippen LogP contribution in [0.4, 0.5) is 0 Å². The summed E-state index contributed by atoms with van der Waals surface area (Å²) >= 11 is 0. The summed E-state index contributed by atoms with van der Waals surface area (Å²) in [5.41, 5.74) is 4.67. The van der Waals surface area contributed by atoms with E-state index in [-0.39, 0.29) is 0 Å². The van der Waals surface area contributed by atoms with Gasteiger partial charge in [-0.15, -0.1) is 0 Å². The summed E-state index contributed by atoms with van der Waals surface area (Å²) in [7, 11) is 1.66. The molecule has 0 aliphatic heterocycles. The first-order valence-electron chi connectivity index (χ1n) is 7.88. The largest absolute Gasteiger partial charge is 0.482 e. The number of benzene rings is 1. The molecule has 3 heterocycles. The van der Waals surface area contributed by atoms with Crippen molar-refractivity contribution in [1.29, 1.82) is 0 Å². The Balaban J connectivity index is 1.83. The van der Waals surface area contributed by atoms with Crippen LogP contribution in [0.25, 0.3) is 16.8 Å². The fraction of sp³-hybridized carbons (Fsp3) is 0.0476. The van der Waals surface area contributed by atoms with E-state index in [4.69, 9.17) is 4.74 Å². The molecule has 0 N–H and O–H groups in total. The Kier molecular flexibility index (Phi) is 3.89. The zero-order valence-electron chi connectivity index (χ0n) is 13.7. The number of nitrogens with zero attached hydrogens (tertiary/aromatic N) is 3. The quantitative estimate of drug-likeness (QED) is 0.526. The number of ether oxygens (including phenoxy) is 1. The molecule has 4 heteroatoms. The fourth-order valence-electron chi connectivity index (χ4n) is 2.69. The molecule has 0 unspecified atom stereocenters. The van der Waals surface area contributed by atoms with Crippen molar-refractivity contribution in [2.24, 2.45) is 0 Å². The number of hydrogen-bond acceptors (Lipinski definition) is 3. The van der Waals surface area contributed by atoms with Crippen LogP contribution < -0.4 is 4.74 Å². The Hall–Kier alpha value is -3.58. The van der Waals surface area contributed by atoms with Gasteiger partial charge < -0.3 is 4.74 Å². The van der Waals surface area contributed by atoms with Gasteiger partial charge in [-0.2, -0.15) is 0 Å². The van der Waals surface area contributed by atoms with E-state index in [9.17, 15) is 0 Å². The summed E-state index contributed by atoms with van der Waals surface area (Å²) < 4.78 is 7.50. The monoisotopic (exact) mass is 325 g/mol. The molecule has 0 amide bonds. The number of rotatable bonds is 2. The summed E-state index contributed by atoms with van der Waals surface area (Å²) in [4.78, 5) is 8.49. The zero-order valence-corrected chi connectivity index (χ0v) is 13.7. The Morgan fingerprint density at radius 1 is 0.920 bits per heavy atom. The van der Waals surface area contributed by atoms with Gasteiger partial charge in [0, 0.05) is 24.0 Å². The third kappa shape index (κ3) is 2.96. The van der Waals surface area contributed by atoms with Gasteiger partial charge in [0.25, 0.3) is 0 Å². The normalized spacial score (nSPS) is 10.3. The maximum absolute atomic E-state index is 5.59. The average Bonchev–Trinajstić information content (AvgIpc) is 3.10. The molecular weight excluding hydrogens is 310 g/mol. The zero-order chi connectivity index (χ0) is 17.1. The van der Waals surface area contributed by atoms with Crippen LogP contribution >= 0.6 is 0 Å². The lowest BCUT2D eigenvalue weighted by atomic mass is 10.1. The summed E-state index contributed by atoms with van der Waals surface area (Å²) in [6, 6.07) is 18.0. The number of pyridine rings is 2. The highest BCUT2D eigenvalue weighted by Gasteiger charge is 2.10. The number of aromatic nitrogens is 3. The van der Waals surface area contributed by atoms with Crippen LogP contribution in [-0.2, 0) is 0 Å². The SMILES string of the molecule is COc1cc(-c2ccccc2)cc2ncc(C#Cc3ccncc3)n12. The Morgan fingerprint density at radius 3 is 2.48 bits per heavy atom. The van der Waals surface area contributed by atoms with E-state index >= 15 is 0 Å². The summed E-state index contributed by atoms with van der Waals surface area (Å²) in [6.45, 7) is 0. The van der Waals surface area contributed by atoms with E-state index in [1.807, 2.05) is 46.9 Å². The van der Waals surface area contributed by atoms with E-state index in [1.165, 1.54) is 0 Å². The molecule has 25 heavy (non-hydrogen) atoms. The van der Waals surface area contributed by atoms with Crippen molar-refractivity contribution in [3.8, 4) is 28.8 Å². The van der Waals surface area contributed by atoms with Gasteiger partial charge >= 0.3 is 0 Å². The lowest BCUT2D eigenvalue weighted by Crippen LogP contribution is -1.97. The van der Waals surface area contributed by atoms with Crippen LogP contribution in [0.15, 0.2) is 73.2 Å². The van der Waals surface area contributed by atoms with Crippen molar-refractivity contribution in [3.63, 3.8) is 0 Å². The molecule has 0 radical (unpaired) electrons. The van der Waals surface area contributed by atoms with E-state index < -0.39 is 0 Å². The molecule has 0 aliphatic rings. The predicted molar refractivity (Wildman–Crippen MR) is 97.4 cm³/mol. The molecule has 0 saturated heterocycles. The minimum atomic E-state index is 0.702. The summed E-state index contributed by atoms with van der Waals surface area (Å²) in [5.74, 6) is 6.99. The number of methoxy groups -OCH3 is 1. The Labute approximate surface area is 145 Å². The van der Waals surface area contributed by atoms with E-state index in [0.29, 0.717) is 5.88 Å². The molecule has 120 valence electrons.